The number of benzene rings is 2. The topological polar surface area (TPSA) is 27.7 Å². The molecule has 0 aromatic heterocycles. The fraction of sp³-hybridized carbons (Fsp3) is 0.316. The van der Waals surface area contributed by atoms with Gasteiger partial charge in [0.2, 0.25) is 0 Å². The van der Waals surface area contributed by atoms with E-state index >= 15 is 0 Å². The first-order valence-corrected chi connectivity index (χ1v) is 8.72. The third-order valence-corrected chi connectivity index (χ3v) is 4.66. The fourth-order valence-electron chi connectivity index (χ4n) is 2.94. The summed E-state index contributed by atoms with van der Waals surface area (Å²) in [5.41, 5.74) is 1.88. The van der Waals surface area contributed by atoms with Gasteiger partial charge < -0.3 is 15.0 Å². The molecule has 4 nitrogen and oxygen atoms in total. The molecular formula is C19H22FN3OS. The Bertz CT molecular complexity index is 732. The molecule has 0 radical (unpaired) electrons. The number of rotatable bonds is 4. The monoisotopic (exact) mass is 359 g/mol. The van der Waals surface area contributed by atoms with Gasteiger partial charge in [0.25, 0.3) is 0 Å². The first-order valence-electron chi connectivity index (χ1n) is 8.31. The molecule has 132 valence electrons. The van der Waals surface area contributed by atoms with Gasteiger partial charge in [0.1, 0.15) is 11.6 Å². The van der Waals surface area contributed by atoms with E-state index in [2.05, 4.69) is 15.1 Å². The van der Waals surface area contributed by atoms with Gasteiger partial charge in [-0.3, -0.25) is 4.90 Å². The second-order valence-electron chi connectivity index (χ2n) is 6.02. The normalized spacial score (nSPS) is 15.0. The maximum atomic E-state index is 13.3. The van der Waals surface area contributed by atoms with Gasteiger partial charge >= 0.3 is 0 Å². The van der Waals surface area contributed by atoms with Crippen LogP contribution in [0.5, 0.6) is 5.75 Å². The smallest absolute Gasteiger partial charge is 0.173 e. The number of halogens is 1. The fourth-order valence-corrected chi connectivity index (χ4v) is 3.24. The first-order chi connectivity index (χ1) is 12.2. The molecule has 0 saturated carbocycles. The van der Waals surface area contributed by atoms with E-state index in [1.807, 2.05) is 30.3 Å². The molecule has 1 saturated heterocycles. The SMILES string of the molecule is COc1ccccc1NC(=S)N1CCN(Cc2cccc(F)c2)CC1. The Morgan fingerprint density at radius 2 is 1.88 bits per heavy atom. The highest BCUT2D eigenvalue weighted by Crippen LogP contribution is 2.23. The van der Waals surface area contributed by atoms with Crippen molar-refractivity contribution in [2.24, 2.45) is 0 Å². The van der Waals surface area contributed by atoms with Crippen LogP contribution in [0.1, 0.15) is 5.56 Å². The van der Waals surface area contributed by atoms with E-state index < -0.39 is 0 Å². The Morgan fingerprint density at radius 3 is 2.60 bits per heavy atom. The zero-order chi connectivity index (χ0) is 17.6. The van der Waals surface area contributed by atoms with Gasteiger partial charge in [-0.1, -0.05) is 24.3 Å². The van der Waals surface area contributed by atoms with Crippen LogP contribution in [0.25, 0.3) is 0 Å². The lowest BCUT2D eigenvalue weighted by molar-refractivity contribution is 0.177. The molecule has 0 bridgehead atoms. The number of para-hydroxylation sites is 2. The lowest BCUT2D eigenvalue weighted by Crippen LogP contribution is -2.49. The molecule has 1 N–H and O–H groups in total. The van der Waals surface area contributed by atoms with E-state index in [9.17, 15) is 4.39 Å². The molecule has 1 heterocycles. The van der Waals surface area contributed by atoms with E-state index in [1.54, 1.807) is 19.2 Å². The van der Waals surface area contributed by atoms with Crippen molar-refractivity contribution in [3.8, 4) is 5.75 Å². The summed E-state index contributed by atoms with van der Waals surface area (Å²) in [6.45, 7) is 4.24. The number of piperazine rings is 1. The summed E-state index contributed by atoms with van der Waals surface area (Å²) in [5, 5.41) is 3.97. The van der Waals surface area contributed by atoms with Crippen LogP contribution < -0.4 is 10.1 Å². The van der Waals surface area contributed by atoms with Gasteiger partial charge in [-0.25, -0.2) is 4.39 Å². The number of anilines is 1. The van der Waals surface area contributed by atoms with Crippen molar-refractivity contribution < 1.29 is 9.13 Å². The van der Waals surface area contributed by atoms with Crippen molar-refractivity contribution in [1.29, 1.82) is 0 Å². The average Bonchev–Trinajstić information content (AvgIpc) is 2.63. The summed E-state index contributed by atoms with van der Waals surface area (Å²) >= 11 is 5.54. The molecule has 25 heavy (non-hydrogen) atoms. The van der Waals surface area contributed by atoms with Crippen molar-refractivity contribution in [3.63, 3.8) is 0 Å². The van der Waals surface area contributed by atoms with Gasteiger partial charge in [0.15, 0.2) is 5.11 Å². The minimum atomic E-state index is -0.182. The summed E-state index contributed by atoms with van der Waals surface area (Å²) in [6.07, 6.45) is 0. The number of ether oxygens (including phenoxy) is 1. The minimum Gasteiger partial charge on any atom is -0.495 e. The van der Waals surface area contributed by atoms with Crippen LogP contribution in [-0.2, 0) is 6.54 Å². The summed E-state index contributed by atoms with van der Waals surface area (Å²) in [6, 6.07) is 14.5. The molecule has 0 atom stereocenters. The number of methoxy groups -OCH3 is 1. The third-order valence-electron chi connectivity index (χ3n) is 4.30. The van der Waals surface area contributed by atoms with E-state index in [-0.39, 0.29) is 5.82 Å². The maximum Gasteiger partial charge on any atom is 0.173 e. The molecule has 6 heteroatoms. The Kier molecular flexibility index (Phi) is 5.83. The molecule has 0 unspecified atom stereocenters. The molecular weight excluding hydrogens is 337 g/mol. The van der Waals surface area contributed by atoms with Crippen LogP contribution in [-0.4, -0.2) is 48.2 Å². The highest BCUT2D eigenvalue weighted by atomic mass is 32.1. The lowest BCUT2D eigenvalue weighted by Gasteiger charge is -2.36. The lowest BCUT2D eigenvalue weighted by atomic mass is 10.2. The molecule has 3 rings (SSSR count). The standard InChI is InChI=1S/C19H22FN3OS/c1-24-18-8-3-2-7-17(18)21-19(25)23-11-9-22(10-12-23)14-15-5-4-6-16(20)13-15/h2-8,13H,9-12,14H2,1H3,(H,21,25). The summed E-state index contributed by atoms with van der Waals surface area (Å²) < 4.78 is 18.6. The maximum absolute atomic E-state index is 13.3. The van der Waals surface area contributed by atoms with E-state index in [1.165, 1.54) is 6.07 Å². The zero-order valence-corrected chi connectivity index (χ0v) is 15.1. The predicted octanol–water partition coefficient (Wildman–Crippen LogP) is 3.35. The van der Waals surface area contributed by atoms with Crippen LogP contribution in [0, 0.1) is 5.82 Å². The highest BCUT2D eigenvalue weighted by Gasteiger charge is 2.19. The highest BCUT2D eigenvalue weighted by molar-refractivity contribution is 7.80. The van der Waals surface area contributed by atoms with E-state index in [4.69, 9.17) is 17.0 Å². The minimum absolute atomic E-state index is 0.182. The average molecular weight is 359 g/mol. The summed E-state index contributed by atoms with van der Waals surface area (Å²) in [4.78, 5) is 4.47. The Labute approximate surface area is 153 Å². The number of thiocarbonyl (C=S) groups is 1. The molecule has 1 fully saturated rings. The van der Waals surface area contributed by atoms with Crippen molar-refractivity contribution >= 4 is 23.0 Å². The number of hydrogen-bond donors (Lipinski definition) is 1. The molecule has 1 aliphatic heterocycles. The molecule has 0 aliphatic carbocycles. The first kappa shape index (κ1) is 17.6. The van der Waals surface area contributed by atoms with Crippen molar-refractivity contribution in [2.75, 3.05) is 38.6 Å². The number of hydrogen-bond acceptors (Lipinski definition) is 3. The van der Waals surface area contributed by atoms with Gasteiger partial charge in [0.05, 0.1) is 12.8 Å². The van der Waals surface area contributed by atoms with Crippen LogP contribution >= 0.6 is 12.2 Å². The van der Waals surface area contributed by atoms with Gasteiger partial charge in [-0.05, 0) is 42.0 Å². The largest absolute Gasteiger partial charge is 0.495 e. The van der Waals surface area contributed by atoms with Crippen LogP contribution in [0.15, 0.2) is 48.5 Å². The number of nitrogens with one attached hydrogen (secondary N) is 1. The molecule has 0 spiro atoms. The molecule has 0 amide bonds. The predicted molar refractivity (Wildman–Crippen MR) is 102 cm³/mol. The molecule has 2 aromatic carbocycles. The van der Waals surface area contributed by atoms with Crippen molar-refractivity contribution in [2.45, 2.75) is 6.54 Å². The van der Waals surface area contributed by atoms with Gasteiger partial charge in [0, 0.05) is 32.7 Å². The Morgan fingerprint density at radius 1 is 1.12 bits per heavy atom. The third kappa shape index (κ3) is 4.67. The van der Waals surface area contributed by atoms with Gasteiger partial charge in [-0.2, -0.15) is 0 Å². The van der Waals surface area contributed by atoms with Gasteiger partial charge in [-0.15, -0.1) is 0 Å². The summed E-state index contributed by atoms with van der Waals surface area (Å²) in [5.74, 6) is 0.591. The second-order valence-corrected chi connectivity index (χ2v) is 6.41. The van der Waals surface area contributed by atoms with Crippen LogP contribution in [0.2, 0.25) is 0 Å². The van der Waals surface area contributed by atoms with Crippen molar-refractivity contribution in [3.05, 3.63) is 59.9 Å². The molecule has 2 aromatic rings. The number of nitrogens with zero attached hydrogens (tertiary/aromatic N) is 2. The van der Waals surface area contributed by atoms with Crippen molar-refractivity contribution in [1.82, 2.24) is 9.80 Å². The van der Waals surface area contributed by atoms with E-state index in [0.29, 0.717) is 5.11 Å². The van der Waals surface area contributed by atoms with E-state index in [0.717, 1.165) is 49.7 Å². The quantitative estimate of drug-likeness (QED) is 0.845. The Balaban J connectivity index is 1.52. The summed E-state index contributed by atoms with van der Waals surface area (Å²) in [7, 11) is 1.65. The second kappa shape index (κ2) is 8.27. The molecule has 1 aliphatic rings. The van der Waals surface area contributed by atoms with Crippen LogP contribution in [0.4, 0.5) is 10.1 Å². The zero-order valence-electron chi connectivity index (χ0n) is 14.2. The Hall–Kier alpha value is -2.18. The van der Waals surface area contributed by atoms with Crippen LogP contribution in [0.3, 0.4) is 0 Å².